The van der Waals surface area contributed by atoms with Crippen LogP contribution >= 0.6 is 15.9 Å². The number of nitrogens with one attached hydrogen (secondary N) is 2. The highest BCUT2D eigenvalue weighted by molar-refractivity contribution is 9.10. The first-order chi connectivity index (χ1) is 12.7. The van der Waals surface area contributed by atoms with E-state index in [1.54, 1.807) is 0 Å². The molecule has 5 nitrogen and oxygen atoms in total. The maximum Gasteiger partial charge on any atom is 0.221 e. The molecule has 2 heterocycles. The SMILES string of the molecule is O=C(CCn1ccc2ccc(Br)cc21)NCCc1nc2ccccc2[nH]1. The fraction of sp³-hybridized carbons (Fsp3) is 0.200. The van der Waals surface area contributed by atoms with Crippen LogP contribution in [0.25, 0.3) is 21.9 Å². The zero-order valence-electron chi connectivity index (χ0n) is 14.2. The number of hydrogen-bond donors (Lipinski definition) is 2. The summed E-state index contributed by atoms with van der Waals surface area (Å²) in [6.45, 7) is 1.24. The van der Waals surface area contributed by atoms with Crippen molar-refractivity contribution in [3.8, 4) is 0 Å². The van der Waals surface area contributed by atoms with Crippen LogP contribution in [0, 0.1) is 0 Å². The van der Waals surface area contributed by atoms with Gasteiger partial charge in [0.15, 0.2) is 0 Å². The number of aromatic amines is 1. The number of rotatable bonds is 6. The van der Waals surface area contributed by atoms with Gasteiger partial charge in [0.2, 0.25) is 5.91 Å². The Kier molecular flexibility index (Phi) is 4.75. The molecule has 0 saturated heterocycles. The Hall–Kier alpha value is -2.60. The van der Waals surface area contributed by atoms with E-state index in [0.29, 0.717) is 25.9 Å². The fourth-order valence-electron chi connectivity index (χ4n) is 3.11. The number of carbonyl (C=O) groups is 1. The molecular formula is C20H19BrN4O. The lowest BCUT2D eigenvalue weighted by Crippen LogP contribution is -2.26. The Balaban J connectivity index is 1.29. The minimum atomic E-state index is 0.0537. The number of benzene rings is 2. The summed E-state index contributed by atoms with van der Waals surface area (Å²) < 4.78 is 3.15. The number of carbonyl (C=O) groups excluding carboxylic acids is 1. The van der Waals surface area contributed by atoms with Crippen LogP contribution in [0.2, 0.25) is 0 Å². The summed E-state index contributed by atoms with van der Waals surface area (Å²) in [5, 5.41) is 4.16. The van der Waals surface area contributed by atoms with Crippen LogP contribution in [-0.2, 0) is 17.8 Å². The molecule has 0 bridgehead atoms. The lowest BCUT2D eigenvalue weighted by atomic mass is 10.2. The summed E-state index contributed by atoms with van der Waals surface area (Å²) in [7, 11) is 0. The third-order valence-electron chi connectivity index (χ3n) is 4.44. The number of imidazole rings is 1. The Morgan fingerprint density at radius 3 is 2.96 bits per heavy atom. The Labute approximate surface area is 159 Å². The molecular weight excluding hydrogens is 392 g/mol. The molecule has 0 aliphatic heterocycles. The number of H-pyrrole nitrogens is 1. The van der Waals surface area contributed by atoms with Gasteiger partial charge in [0, 0.05) is 42.1 Å². The first-order valence-electron chi connectivity index (χ1n) is 8.64. The molecule has 0 fully saturated rings. The summed E-state index contributed by atoms with van der Waals surface area (Å²) in [5.41, 5.74) is 3.12. The van der Waals surface area contributed by atoms with E-state index in [1.807, 2.05) is 36.5 Å². The van der Waals surface area contributed by atoms with Crippen molar-refractivity contribution in [2.45, 2.75) is 19.4 Å². The molecule has 0 saturated carbocycles. The summed E-state index contributed by atoms with van der Waals surface area (Å²) >= 11 is 3.50. The van der Waals surface area contributed by atoms with Crippen molar-refractivity contribution in [3.05, 3.63) is 65.0 Å². The molecule has 0 aliphatic carbocycles. The van der Waals surface area contributed by atoms with E-state index in [0.717, 1.165) is 26.8 Å². The standard InChI is InChI=1S/C20H19BrN4O/c21-15-6-5-14-8-11-25(18(14)13-15)12-9-20(26)22-10-7-19-23-16-3-1-2-4-17(16)24-19/h1-6,8,11,13H,7,9-10,12H2,(H,22,26)(H,23,24). The van der Waals surface area contributed by atoms with E-state index < -0.39 is 0 Å². The number of aromatic nitrogens is 3. The molecule has 4 rings (SSSR count). The Bertz CT molecular complexity index is 1030. The normalized spacial score (nSPS) is 11.3. The van der Waals surface area contributed by atoms with Crippen molar-refractivity contribution in [2.24, 2.45) is 0 Å². The average Bonchev–Trinajstić information content (AvgIpc) is 3.23. The number of para-hydroxylation sites is 2. The zero-order chi connectivity index (χ0) is 17.9. The number of halogens is 1. The lowest BCUT2D eigenvalue weighted by Gasteiger charge is -2.07. The lowest BCUT2D eigenvalue weighted by molar-refractivity contribution is -0.121. The van der Waals surface area contributed by atoms with E-state index in [1.165, 1.54) is 5.39 Å². The molecule has 2 aromatic heterocycles. The molecule has 4 aromatic rings. The van der Waals surface area contributed by atoms with Crippen LogP contribution in [0.1, 0.15) is 12.2 Å². The van der Waals surface area contributed by atoms with E-state index >= 15 is 0 Å². The second kappa shape index (κ2) is 7.33. The van der Waals surface area contributed by atoms with Crippen molar-refractivity contribution in [1.82, 2.24) is 19.9 Å². The summed E-state index contributed by atoms with van der Waals surface area (Å²) in [6.07, 6.45) is 3.18. The van der Waals surface area contributed by atoms with Crippen molar-refractivity contribution < 1.29 is 4.79 Å². The van der Waals surface area contributed by atoms with Gasteiger partial charge in [-0.3, -0.25) is 4.79 Å². The van der Waals surface area contributed by atoms with Gasteiger partial charge >= 0.3 is 0 Å². The van der Waals surface area contributed by atoms with Crippen LogP contribution in [0.4, 0.5) is 0 Å². The molecule has 6 heteroatoms. The topological polar surface area (TPSA) is 62.7 Å². The second-order valence-corrected chi connectivity index (χ2v) is 7.18. The number of hydrogen-bond acceptors (Lipinski definition) is 2. The largest absolute Gasteiger partial charge is 0.356 e. The number of aryl methyl sites for hydroxylation is 1. The highest BCUT2D eigenvalue weighted by atomic mass is 79.9. The molecule has 132 valence electrons. The summed E-state index contributed by atoms with van der Waals surface area (Å²) in [6, 6.07) is 16.2. The third kappa shape index (κ3) is 3.65. The number of amides is 1. The highest BCUT2D eigenvalue weighted by Gasteiger charge is 2.06. The van der Waals surface area contributed by atoms with E-state index in [-0.39, 0.29) is 5.91 Å². The molecule has 2 N–H and O–H groups in total. The maximum absolute atomic E-state index is 12.1. The van der Waals surface area contributed by atoms with E-state index in [2.05, 4.69) is 54.0 Å². The van der Waals surface area contributed by atoms with Crippen LogP contribution in [0.3, 0.4) is 0 Å². The predicted molar refractivity (Wildman–Crippen MR) is 107 cm³/mol. The highest BCUT2D eigenvalue weighted by Crippen LogP contribution is 2.21. The smallest absolute Gasteiger partial charge is 0.221 e. The fourth-order valence-corrected chi connectivity index (χ4v) is 3.46. The van der Waals surface area contributed by atoms with Crippen molar-refractivity contribution in [1.29, 1.82) is 0 Å². The Morgan fingerprint density at radius 1 is 1.19 bits per heavy atom. The van der Waals surface area contributed by atoms with Gasteiger partial charge in [-0.15, -0.1) is 0 Å². The van der Waals surface area contributed by atoms with E-state index in [4.69, 9.17) is 0 Å². The second-order valence-electron chi connectivity index (χ2n) is 6.26. The Morgan fingerprint density at radius 2 is 2.08 bits per heavy atom. The molecule has 0 spiro atoms. The van der Waals surface area contributed by atoms with E-state index in [9.17, 15) is 4.79 Å². The molecule has 2 aromatic carbocycles. The quantitative estimate of drug-likeness (QED) is 0.503. The third-order valence-corrected chi connectivity index (χ3v) is 4.93. The molecule has 0 atom stereocenters. The van der Waals surface area contributed by atoms with Crippen molar-refractivity contribution in [2.75, 3.05) is 6.54 Å². The van der Waals surface area contributed by atoms with Crippen LogP contribution in [-0.4, -0.2) is 27.0 Å². The minimum absolute atomic E-state index is 0.0537. The summed E-state index contributed by atoms with van der Waals surface area (Å²) in [4.78, 5) is 19.9. The van der Waals surface area contributed by atoms with Crippen molar-refractivity contribution in [3.63, 3.8) is 0 Å². The average molecular weight is 411 g/mol. The van der Waals surface area contributed by atoms with Gasteiger partial charge in [-0.25, -0.2) is 4.98 Å². The molecule has 0 aliphatic rings. The monoisotopic (exact) mass is 410 g/mol. The maximum atomic E-state index is 12.1. The summed E-state index contributed by atoms with van der Waals surface area (Å²) in [5.74, 6) is 0.950. The minimum Gasteiger partial charge on any atom is -0.356 e. The predicted octanol–water partition coefficient (Wildman–Crippen LogP) is 4.03. The van der Waals surface area contributed by atoms with Crippen LogP contribution in [0.5, 0.6) is 0 Å². The molecule has 1 amide bonds. The number of nitrogens with zero attached hydrogens (tertiary/aromatic N) is 2. The molecule has 0 radical (unpaired) electrons. The van der Waals surface area contributed by atoms with Gasteiger partial charge < -0.3 is 14.9 Å². The van der Waals surface area contributed by atoms with Gasteiger partial charge in [0.1, 0.15) is 5.82 Å². The van der Waals surface area contributed by atoms with Crippen LogP contribution in [0.15, 0.2) is 59.2 Å². The zero-order valence-corrected chi connectivity index (χ0v) is 15.8. The van der Waals surface area contributed by atoms with Gasteiger partial charge in [-0.1, -0.05) is 34.1 Å². The number of fused-ring (bicyclic) bond motifs is 2. The van der Waals surface area contributed by atoms with Gasteiger partial charge in [-0.05, 0) is 35.7 Å². The van der Waals surface area contributed by atoms with Crippen LogP contribution < -0.4 is 5.32 Å². The van der Waals surface area contributed by atoms with Crippen molar-refractivity contribution >= 4 is 43.8 Å². The van der Waals surface area contributed by atoms with Gasteiger partial charge in [-0.2, -0.15) is 0 Å². The van der Waals surface area contributed by atoms with Gasteiger partial charge in [0.05, 0.1) is 11.0 Å². The molecule has 26 heavy (non-hydrogen) atoms. The molecule has 0 unspecified atom stereocenters. The van der Waals surface area contributed by atoms with Gasteiger partial charge in [0.25, 0.3) is 0 Å². The first kappa shape index (κ1) is 16.8. The first-order valence-corrected chi connectivity index (χ1v) is 9.43.